The summed E-state index contributed by atoms with van der Waals surface area (Å²) in [5.41, 5.74) is 0.733. The average molecular weight is 297 g/mol. The van der Waals surface area contributed by atoms with Gasteiger partial charge in [0.2, 0.25) is 11.8 Å². The average Bonchev–Trinajstić information content (AvgIpc) is 2.49. The fourth-order valence-corrected chi connectivity index (χ4v) is 1.87. The first kappa shape index (κ1) is 14.5. The number of nitrogens with zero attached hydrogens (tertiary/aromatic N) is 2. The molecule has 107 valence electrons. The summed E-state index contributed by atoms with van der Waals surface area (Å²) < 4.78 is 15.6. The number of hydrogen-bond acceptors (Lipinski definition) is 6. The largest absolute Gasteiger partial charge is 0.501 e. The molecule has 0 unspecified atom stereocenters. The maximum absolute atomic E-state index is 5.89. The Morgan fingerprint density at radius 2 is 2.00 bits per heavy atom. The fourth-order valence-electron chi connectivity index (χ4n) is 1.70. The van der Waals surface area contributed by atoms with Crippen LogP contribution in [0.1, 0.15) is 6.42 Å². The van der Waals surface area contributed by atoms with Gasteiger partial charge in [-0.05, 0) is 0 Å². The summed E-state index contributed by atoms with van der Waals surface area (Å²) in [4.78, 5) is 8.25. The molecule has 20 heavy (non-hydrogen) atoms. The van der Waals surface area contributed by atoms with Crippen LogP contribution in [0, 0.1) is 6.42 Å². The summed E-state index contributed by atoms with van der Waals surface area (Å²) in [6.07, 6.45) is 5.84. The Bertz CT molecular complexity index is 558. The van der Waals surface area contributed by atoms with E-state index < -0.39 is 0 Å². The molecule has 1 heterocycles. The fraction of sp³-hybridized carbons (Fsp3) is 0.308. The molecule has 1 N–H and O–H groups in total. The minimum Gasteiger partial charge on any atom is -0.501 e. The van der Waals surface area contributed by atoms with Gasteiger partial charge in [0.1, 0.15) is 16.5 Å². The first-order chi connectivity index (χ1) is 9.67. The van der Waals surface area contributed by atoms with E-state index in [1.54, 1.807) is 14.2 Å². The molecule has 0 aliphatic heterocycles. The van der Waals surface area contributed by atoms with Crippen molar-refractivity contribution in [1.82, 2.24) is 9.97 Å². The highest BCUT2D eigenvalue weighted by Gasteiger charge is 2.16. The lowest BCUT2D eigenvalue weighted by Gasteiger charge is -2.18. The Hall–Kier alpha value is -1.95. The molecule has 0 fully saturated rings. The second-order valence-electron chi connectivity index (χ2n) is 3.88. The van der Waals surface area contributed by atoms with Gasteiger partial charge in [-0.2, -0.15) is 4.98 Å². The molecule has 0 amide bonds. The molecule has 0 saturated heterocycles. The van der Waals surface area contributed by atoms with Crippen molar-refractivity contribution in [2.75, 3.05) is 26.6 Å². The smallest absolute Gasteiger partial charge is 0.237 e. The van der Waals surface area contributed by atoms with Gasteiger partial charge in [0, 0.05) is 18.9 Å². The van der Waals surface area contributed by atoms with Crippen molar-refractivity contribution in [2.24, 2.45) is 0 Å². The zero-order valence-electron chi connectivity index (χ0n) is 11.4. The van der Waals surface area contributed by atoms with Gasteiger partial charge in [0.25, 0.3) is 0 Å². The van der Waals surface area contributed by atoms with E-state index in [0.717, 1.165) is 17.2 Å². The van der Waals surface area contributed by atoms with Crippen LogP contribution in [-0.4, -0.2) is 31.3 Å². The van der Waals surface area contributed by atoms with Gasteiger partial charge in [0.15, 0.2) is 0 Å². The van der Waals surface area contributed by atoms with Gasteiger partial charge in [-0.15, -0.1) is 0 Å². The van der Waals surface area contributed by atoms with E-state index in [1.165, 1.54) is 13.3 Å². The number of aromatic nitrogens is 2. The first-order valence-electron chi connectivity index (χ1n) is 5.87. The van der Waals surface area contributed by atoms with Crippen LogP contribution in [0.4, 0.5) is 5.95 Å². The number of ether oxygens (including phenoxy) is 3. The molecule has 1 aromatic rings. The molecule has 0 aromatic carbocycles. The number of nitrogens with one attached hydrogen (secondary N) is 1. The van der Waals surface area contributed by atoms with E-state index in [4.69, 9.17) is 25.8 Å². The molecule has 1 aromatic heterocycles. The number of hydrogen-bond donors (Lipinski definition) is 1. The number of methoxy groups -OCH3 is 3. The van der Waals surface area contributed by atoms with Crippen LogP contribution in [0.2, 0.25) is 5.02 Å². The lowest BCUT2D eigenvalue weighted by atomic mass is 10.1. The van der Waals surface area contributed by atoms with E-state index >= 15 is 0 Å². The standard InChI is InChI=1S/C13H15ClN3O3/c1-18-8-4-5-11(19-2)10(6-8)16-13-15-7-9(14)12(17-13)20-3/h4,6-7H,5H2,1-3H3,(H,15,16,17). The molecule has 1 aliphatic rings. The molecule has 2 rings (SSSR count). The van der Waals surface area contributed by atoms with Gasteiger partial charge in [-0.1, -0.05) is 11.6 Å². The third-order valence-corrected chi connectivity index (χ3v) is 2.97. The lowest BCUT2D eigenvalue weighted by molar-refractivity contribution is 0.261. The molecule has 0 bridgehead atoms. The Kier molecular flexibility index (Phi) is 4.68. The summed E-state index contributed by atoms with van der Waals surface area (Å²) in [6.45, 7) is 0. The predicted octanol–water partition coefficient (Wildman–Crippen LogP) is 2.55. The van der Waals surface area contributed by atoms with E-state index in [9.17, 15) is 0 Å². The predicted molar refractivity (Wildman–Crippen MR) is 75.3 cm³/mol. The number of allylic oxidation sites excluding steroid dienone is 3. The Morgan fingerprint density at radius 3 is 2.65 bits per heavy atom. The zero-order valence-corrected chi connectivity index (χ0v) is 12.2. The summed E-state index contributed by atoms with van der Waals surface area (Å²) >= 11 is 5.89. The van der Waals surface area contributed by atoms with Crippen LogP contribution in [0.15, 0.2) is 29.5 Å². The molecule has 6 nitrogen and oxygen atoms in total. The highest BCUT2D eigenvalue weighted by Crippen LogP contribution is 2.26. The van der Waals surface area contributed by atoms with Crippen LogP contribution in [0.3, 0.4) is 0 Å². The second kappa shape index (κ2) is 6.47. The molecule has 1 aliphatic carbocycles. The highest BCUT2D eigenvalue weighted by atomic mass is 35.5. The number of anilines is 1. The van der Waals surface area contributed by atoms with Gasteiger partial charge < -0.3 is 19.5 Å². The van der Waals surface area contributed by atoms with Crippen LogP contribution in [0.5, 0.6) is 5.88 Å². The minimum atomic E-state index is 0.307. The monoisotopic (exact) mass is 296 g/mol. The van der Waals surface area contributed by atoms with Crippen molar-refractivity contribution < 1.29 is 14.2 Å². The Labute approximate surface area is 122 Å². The summed E-state index contributed by atoms with van der Waals surface area (Å²) in [6, 6.07) is 0. The third-order valence-electron chi connectivity index (χ3n) is 2.71. The van der Waals surface area contributed by atoms with Gasteiger partial charge in [0.05, 0.1) is 33.2 Å². The second-order valence-corrected chi connectivity index (χ2v) is 4.28. The maximum Gasteiger partial charge on any atom is 0.237 e. The molecule has 7 heteroatoms. The van der Waals surface area contributed by atoms with Crippen molar-refractivity contribution in [1.29, 1.82) is 0 Å². The van der Waals surface area contributed by atoms with Crippen molar-refractivity contribution in [3.05, 3.63) is 40.9 Å². The molecule has 0 saturated carbocycles. The molecule has 1 radical (unpaired) electrons. The molecular formula is C13H15ClN3O3. The van der Waals surface area contributed by atoms with Crippen LogP contribution >= 0.6 is 11.6 Å². The number of rotatable bonds is 5. The van der Waals surface area contributed by atoms with Crippen molar-refractivity contribution in [2.45, 2.75) is 6.42 Å². The third kappa shape index (κ3) is 3.14. The lowest BCUT2D eigenvalue weighted by Crippen LogP contribution is -2.11. The SMILES string of the molecule is COC1=CC(Nc2ncc(Cl)c(OC)n2)=C(OC)C[CH]1. The summed E-state index contributed by atoms with van der Waals surface area (Å²) in [5, 5.41) is 3.42. The van der Waals surface area contributed by atoms with Gasteiger partial charge >= 0.3 is 0 Å². The topological polar surface area (TPSA) is 65.5 Å². The quantitative estimate of drug-likeness (QED) is 0.901. The van der Waals surface area contributed by atoms with Crippen LogP contribution in [-0.2, 0) is 9.47 Å². The number of halogens is 1. The van der Waals surface area contributed by atoms with Crippen molar-refractivity contribution in [3.63, 3.8) is 0 Å². The van der Waals surface area contributed by atoms with Crippen molar-refractivity contribution in [3.8, 4) is 5.88 Å². The van der Waals surface area contributed by atoms with Gasteiger partial charge in [-0.25, -0.2) is 4.98 Å². The first-order valence-corrected chi connectivity index (χ1v) is 6.25. The Balaban J connectivity index is 2.27. The Morgan fingerprint density at radius 1 is 1.20 bits per heavy atom. The minimum absolute atomic E-state index is 0.307. The van der Waals surface area contributed by atoms with Crippen LogP contribution in [0.25, 0.3) is 0 Å². The normalized spacial score (nSPS) is 14.7. The van der Waals surface area contributed by atoms with E-state index in [1.807, 2.05) is 12.5 Å². The summed E-state index contributed by atoms with van der Waals surface area (Å²) in [7, 11) is 4.72. The van der Waals surface area contributed by atoms with Crippen LogP contribution < -0.4 is 10.1 Å². The highest BCUT2D eigenvalue weighted by molar-refractivity contribution is 6.31. The van der Waals surface area contributed by atoms with Crippen molar-refractivity contribution >= 4 is 17.5 Å². The molecule has 0 atom stereocenters. The zero-order chi connectivity index (χ0) is 14.5. The molecular weight excluding hydrogens is 282 g/mol. The summed E-state index contributed by atoms with van der Waals surface area (Å²) in [5.74, 6) is 2.18. The van der Waals surface area contributed by atoms with Gasteiger partial charge in [-0.3, -0.25) is 0 Å². The molecule has 0 spiro atoms. The van der Waals surface area contributed by atoms with E-state index in [2.05, 4.69) is 15.3 Å². The van der Waals surface area contributed by atoms with E-state index in [0.29, 0.717) is 23.3 Å². The maximum atomic E-state index is 5.89. The van der Waals surface area contributed by atoms with E-state index in [-0.39, 0.29) is 0 Å².